The number of H-pyrrole nitrogens is 1. The number of nitrogens with one attached hydrogen (secondary N) is 1. The van der Waals surface area contributed by atoms with Gasteiger partial charge in [-0.1, -0.05) is 32.0 Å². The number of amides is 1. The van der Waals surface area contributed by atoms with Gasteiger partial charge < -0.3 is 14.4 Å². The Balaban J connectivity index is 1.48. The predicted molar refractivity (Wildman–Crippen MR) is 90.4 cm³/mol. The smallest absolute Gasteiger partial charge is 0.233 e. The lowest BCUT2D eigenvalue weighted by molar-refractivity contribution is -0.141. The van der Waals surface area contributed by atoms with E-state index in [0.717, 1.165) is 17.1 Å². The standard InChI is InChI=1S/C18H22N4O3/c1-11(2)16-19-17(21-20-16)15-9-22(7-8-24-15)18(23)13-10-25-14-6-4-3-5-12(13)14/h3-6,11,13,15H,7-10H2,1-2H3,(H,19,20,21)/t13-,15+/m0/s1. The molecule has 1 saturated heterocycles. The number of nitrogens with zero attached hydrogens (tertiary/aromatic N) is 3. The van der Waals surface area contributed by atoms with Gasteiger partial charge in [0, 0.05) is 18.0 Å². The first kappa shape index (κ1) is 16.1. The molecule has 0 saturated carbocycles. The molecule has 2 aliphatic rings. The minimum absolute atomic E-state index is 0.0850. The summed E-state index contributed by atoms with van der Waals surface area (Å²) in [5.74, 6) is 2.35. The number of hydrogen-bond acceptors (Lipinski definition) is 5. The SMILES string of the molecule is CC(C)c1n[nH]c([C@H]2CN(C(=O)[C@H]3COc4ccccc43)CCO2)n1. The molecule has 132 valence electrons. The normalized spacial score (nSPS) is 22.8. The average molecular weight is 342 g/mol. The molecule has 1 aromatic carbocycles. The van der Waals surface area contributed by atoms with Gasteiger partial charge in [0.2, 0.25) is 5.91 Å². The highest BCUT2D eigenvalue weighted by Crippen LogP contribution is 2.35. The van der Waals surface area contributed by atoms with Crippen molar-refractivity contribution in [2.75, 3.05) is 26.3 Å². The van der Waals surface area contributed by atoms with Gasteiger partial charge in [0.05, 0.1) is 13.2 Å². The summed E-state index contributed by atoms with van der Waals surface area (Å²) in [7, 11) is 0. The summed E-state index contributed by atoms with van der Waals surface area (Å²) in [5.41, 5.74) is 0.970. The van der Waals surface area contributed by atoms with Crippen LogP contribution in [0.2, 0.25) is 0 Å². The lowest BCUT2D eigenvalue weighted by atomic mass is 9.99. The fourth-order valence-electron chi connectivity index (χ4n) is 3.29. The first-order valence-corrected chi connectivity index (χ1v) is 8.68. The van der Waals surface area contributed by atoms with Gasteiger partial charge >= 0.3 is 0 Å². The molecule has 1 aromatic heterocycles. The lowest BCUT2D eigenvalue weighted by Crippen LogP contribution is -2.45. The largest absolute Gasteiger partial charge is 0.492 e. The summed E-state index contributed by atoms with van der Waals surface area (Å²) < 4.78 is 11.5. The zero-order valence-corrected chi connectivity index (χ0v) is 14.4. The van der Waals surface area contributed by atoms with Gasteiger partial charge in [-0.15, -0.1) is 0 Å². The van der Waals surface area contributed by atoms with E-state index in [2.05, 4.69) is 15.2 Å². The summed E-state index contributed by atoms with van der Waals surface area (Å²) >= 11 is 0. The second-order valence-electron chi connectivity index (χ2n) is 6.78. The van der Waals surface area contributed by atoms with Gasteiger partial charge in [0.1, 0.15) is 24.4 Å². The zero-order chi connectivity index (χ0) is 17.4. The number of carbonyl (C=O) groups is 1. The summed E-state index contributed by atoms with van der Waals surface area (Å²) in [4.78, 5) is 19.4. The number of morpholine rings is 1. The Kier molecular flexibility index (Phi) is 4.17. The van der Waals surface area contributed by atoms with E-state index in [1.807, 2.05) is 43.0 Å². The number of carbonyl (C=O) groups excluding carboxylic acids is 1. The first-order chi connectivity index (χ1) is 12.1. The average Bonchev–Trinajstić information content (AvgIpc) is 3.28. The van der Waals surface area contributed by atoms with Crippen molar-refractivity contribution >= 4 is 5.91 Å². The molecule has 7 heteroatoms. The Labute approximate surface area is 146 Å². The molecule has 2 atom stereocenters. The maximum Gasteiger partial charge on any atom is 0.233 e. The molecule has 1 fully saturated rings. The van der Waals surface area contributed by atoms with E-state index in [-0.39, 0.29) is 23.8 Å². The quantitative estimate of drug-likeness (QED) is 0.923. The molecule has 2 aliphatic heterocycles. The van der Waals surface area contributed by atoms with E-state index in [9.17, 15) is 4.79 Å². The maximum atomic E-state index is 13.0. The van der Waals surface area contributed by atoms with Crippen LogP contribution in [-0.2, 0) is 9.53 Å². The number of rotatable bonds is 3. The van der Waals surface area contributed by atoms with Gasteiger partial charge in [0.15, 0.2) is 11.6 Å². The third kappa shape index (κ3) is 3.00. The van der Waals surface area contributed by atoms with Crippen molar-refractivity contribution in [1.29, 1.82) is 0 Å². The van der Waals surface area contributed by atoms with Crippen molar-refractivity contribution in [2.45, 2.75) is 31.8 Å². The zero-order valence-electron chi connectivity index (χ0n) is 14.4. The Bertz CT molecular complexity index is 773. The number of para-hydroxylation sites is 1. The molecule has 3 heterocycles. The van der Waals surface area contributed by atoms with Crippen LogP contribution in [0.25, 0.3) is 0 Å². The van der Waals surface area contributed by atoms with Crippen LogP contribution in [0.1, 0.15) is 49.0 Å². The second-order valence-corrected chi connectivity index (χ2v) is 6.78. The molecule has 0 unspecified atom stereocenters. The highest BCUT2D eigenvalue weighted by Gasteiger charge is 2.36. The van der Waals surface area contributed by atoms with Gasteiger partial charge in [-0.2, -0.15) is 5.10 Å². The number of fused-ring (bicyclic) bond motifs is 1. The molecule has 0 radical (unpaired) electrons. The summed E-state index contributed by atoms with van der Waals surface area (Å²) in [6, 6.07) is 7.74. The molecule has 1 amide bonds. The number of aromatic nitrogens is 3. The highest BCUT2D eigenvalue weighted by atomic mass is 16.5. The first-order valence-electron chi connectivity index (χ1n) is 8.68. The Morgan fingerprint density at radius 2 is 2.20 bits per heavy atom. The number of hydrogen-bond donors (Lipinski definition) is 1. The van der Waals surface area contributed by atoms with Gasteiger partial charge in [0.25, 0.3) is 0 Å². The molecular weight excluding hydrogens is 320 g/mol. The van der Waals surface area contributed by atoms with Crippen molar-refractivity contribution in [3.05, 3.63) is 41.5 Å². The monoisotopic (exact) mass is 342 g/mol. The van der Waals surface area contributed by atoms with E-state index < -0.39 is 0 Å². The van der Waals surface area contributed by atoms with E-state index in [4.69, 9.17) is 9.47 Å². The van der Waals surface area contributed by atoms with Crippen LogP contribution in [0.4, 0.5) is 0 Å². The predicted octanol–water partition coefficient (Wildman–Crippen LogP) is 2.00. The van der Waals surface area contributed by atoms with E-state index in [1.54, 1.807) is 0 Å². The third-order valence-corrected chi connectivity index (χ3v) is 4.72. The minimum atomic E-state index is -0.268. The topological polar surface area (TPSA) is 80.3 Å². The van der Waals surface area contributed by atoms with Crippen molar-refractivity contribution in [1.82, 2.24) is 20.1 Å². The van der Waals surface area contributed by atoms with Crippen LogP contribution >= 0.6 is 0 Å². The molecule has 2 aromatic rings. The van der Waals surface area contributed by atoms with Gasteiger partial charge in [-0.3, -0.25) is 9.89 Å². The molecule has 25 heavy (non-hydrogen) atoms. The molecular formula is C18H22N4O3. The molecule has 7 nitrogen and oxygen atoms in total. The fourth-order valence-corrected chi connectivity index (χ4v) is 3.29. The Hall–Kier alpha value is -2.41. The number of aromatic amines is 1. The van der Waals surface area contributed by atoms with E-state index >= 15 is 0 Å². The summed E-state index contributed by atoms with van der Waals surface area (Å²) in [6.07, 6.45) is -0.268. The van der Waals surface area contributed by atoms with Crippen molar-refractivity contribution in [3.63, 3.8) is 0 Å². The third-order valence-electron chi connectivity index (χ3n) is 4.72. The van der Waals surface area contributed by atoms with Crippen molar-refractivity contribution in [2.24, 2.45) is 0 Å². The van der Waals surface area contributed by atoms with Crippen LogP contribution in [0, 0.1) is 0 Å². The van der Waals surface area contributed by atoms with Gasteiger partial charge in [-0.25, -0.2) is 4.98 Å². The fraction of sp³-hybridized carbons (Fsp3) is 0.500. The van der Waals surface area contributed by atoms with Crippen LogP contribution < -0.4 is 4.74 Å². The molecule has 4 rings (SSSR count). The molecule has 0 bridgehead atoms. The molecule has 0 spiro atoms. The second kappa shape index (κ2) is 6.48. The van der Waals surface area contributed by atoms with Gasteiger partial charge in [-0.05, 0) is 6.07 Å². The van der Waals surface area contributed by atoms with Crippen LogP contribution in [0.15, 0.2) is 24.3 Å². The summed E-state index contributed by atoms with van der Waals surface area (Å²) in [6.45, 7) is 6.04. The van der Waals surface area contributed by atoms with Crippen molar-refractivity contribution < 1.29 is 14.3 Å². The Morgan fingerprint density at radius 1 is 1.36 bits per heavy atom. The Morgan fingerprint density at radius 3 is 3.00 bits per heavy atom. The number of benzene rings is 1. The van der Waals surface area contributed by atoms with E-state index in [0.29, 0.717) is 32.1 Å². The van der Waals surface area contributed by atoms with E-state index in [1.165, 1.54) is 0 Å². The van der Waals surface area contributed by atoms with Crippen LogP contribution in [-0.4, -0.2) is 52.3 Å². The minimum Gasteiger partial charge on any atom is -0.492 e. The van der Waals surface area contributed by atoms with Crippen LogP contribution in [0.3, 0.4) is 0 Å². The summed E-state index contributed by atoms with van der Waals surface area (Å²) in [5, 5.41) is 7.18. The lowest BCUT2D eigenvalue weighted by Gasteiger charge is -2.33. The maximum absolute atomic E-state index is 13.0. The molecule has 0 aliphatic carbocycles. The van der Waals surface area contributed by atoms with Crippen molar-refractivity contribution in [3.8, 4) is 5.75 Å². The van der Waals surface area contributed by atoms with Crippen LogP contribution in [0.5, 0.6) is 5.75 Å². The highest BCUT2D eigenvalue weighted by molar-refractivity contribution is 5.85. The number of ether oxygens (including phenoxy) is 2. The molecule has 1 N–H and O–H groups in total.